The third-order valence-corrected chi connectivity index (χ3v) is 9.67. The Bertz CT molecular complexity index is 1990. The number of nitrogens with one attached hydrogen (secondary N) is 1. The zero-order valence-corrected chi connectivity index (χ0v) is 30.2. The lowest BCUT2D eigenvalue weighted by Crippen LogP contribution is -2.11. The Morgan fingerprint density at radius 2 is 0.915 bits per heavy atom. The van der Waals surface area contributed by atoms with E-state index in [2.05, 4.69) is 178 Å². The van der Waals surface area contributed by atoms with Crippen molar-refractivity contribution in [1.29, 1.82) is 0 Å². The Hall–Kier alpha value is -4.43. The van der Waals surface area contributed by atoms with Crippen molar-refractivity contribution in [3.05, 3.63) is 141 Å². The van der Waals surface area contributed by atoms with Crippen LogP contribution in [0.25, 0.3) is 34.2 Å². The summed E-state index contributed by atoms with van der Waals surface area (Å²) in [7, 11) is 0. The van der Waals surface area contributed by atoms with Gasteiger partial charge in [-0.15, -0.1) is 0 Å². The topological polar surface area (TPSA) is 28.1 Å². The van der Waals surface area contributed by atoms with Gasteiger partial charge in [-0.25, -0.2) is 4.99 Å². The molecule has 47 heavy (non-hydrogen) atoms. The van der Waals surface area contributed by atoms with Crippen LogP contribution in [0, 0.1) is 13.8 Å². The van der Waals surface area contributed by atoms with Crippen molar-refractivity contribution in [1.82, 2.24) is 4.98 Å². The normalized spacial score (nSPS) is 14.4. The van der Waals surface area contributed by atoms with Crippen LogP contribution in [0.5, 0.6) is 0 Å². The van der Waals surface area contributed by atoms with Gasteiger partial charge in [0, 0.05) is 33.6 Å². The summed E-state index contributed by atoms with van der Waals surface area (Å²) in [5, 5.41) is 0. The molecule has 2 heteroatoms. The van der Waals surface area contributed by atoms with Crippen molar-refractivity contribution in [2.75, 3.05) is 0 Å². The first kappa shape index (κ1) is 32.5. The van der Waals surface area contributed by atoms with E-state index >= 15 is 0 Å². The number of hydrogen-bond donors (Lipinski definition) is 1. The molecular weight excluding hydrogens is 569 g/mol. The number of aromatic amines is 1. The van der Waals surface area contributed by atoms with Crippen molar-refractivity contribution in [2.45, 2.75) is 92.4 Å². The Kier molecular flexibility index (Phi) is 8.07. The summed E-state index contributed by atoms with van der Waals surface area (Å²) in [5.74, 6) is 0. The fourth-order valence-electron chi connectivity index (χ4n) is 6.34. The molecule has 0 spiro atoms. The maximum atomic E-state index is 5.36. The highest BCUT2D eigenvalue weighted by Crippen LogP contribution is 2.39. The Balaban J connectivity index is 1.51. The molecule has 1 aliphatic rings. The van der Waals surface area contributed by atoms with E-state index in [4.69, 9.17) is 4.99 Å². The molecule has 0 amide bonds. The van der Waals surface area contributed by atoms with E-state index in [9.17, 15) is 0 Å². The first-order valence-electron chi connectivity index (χ1n) is 17.0. The van der Waals surface area contributed by atoms with Crippen molar-refractivity contribution < 1.29 is 0 Å². The number of H-pyrrole nitrogens is 1. The lowest BCUT2D eigenvalue weighted by atomic mass is 9.86. The Morgan fingerprint density at radius 1 is 0.489 bits per heavy atom. The van der Waals surface area contributed by atoms with Crippen molar-refractivity contribution in [3.63, 3.8) is 0 Å². The van der Waals surface area contributed by atoms with E-state index in [1.54, 1.807) is 0 Å². The molecular formula is C45H50N2. The fraction of sp³-hybridized carbons (Fsp3) is 0.311. The molecule has 0 saturated carbocycles. The third-order valence-electron chi connectivity index (χ3n) is 9.67. The Morgan fingerprint density at radius 3 is 1.38 bits per heavy atom. The quantitative estimate of drug-likeness (QED) is 0.208. The van der Waals surface area contributed by atoms with Crippen LogP contribution in [0.3, 0.4) is 0 Å². The first-order chi connectivity index (χ1) is 22.0. The molecule has 0 atom stereocenters. The fourth-order valence-corrected chi connectivity index (χ4v) is 6.34. The standard InChI is InChI=1S/C45H50N2/c1-28-24-37-38(25-29(28)2)42(32-16-22-35(23-17-32)45(9,10)11)47-41(37)27-40-36(30-12-18-33(19-13-30)43(3,4)5)26-39(46-40)31-14-20-34(21-15-31)44(6,7)8/h12-27,46H,1-11H3/b41-27-. The molecule has 2 heterocycles. The molecule has 1 aromatic heterocycles. The monoisotopic (exact) mass is 618 g/mol. The lowest BCUT2D eigenvalue weighted by Gasteiger charge is -2.19. The number of aliphatic imine (C=N–C) groups is 1. The number of rotatable bonds is 4. The van der Waals surface area contributed by atoms with E-state index in [0.717, 1.165) is 28.4 Å². The second-order valence-corrected chi connectivity index (χ2v) is 16.5. The maximum Gasteiger partial charge on any atom is 0.0788 e. The van der Waals surface area contributed by atoms with Gasteiger partial charge in [0.2, 0.25) is 0 Å². The van der Waals surface area contributed by atoms with E-state index in [0.29, 0.717) is 0 Å². The number of aryl methyl sites for hydroxylation is 2. The molecule has 0 fully saturated rings. The van der Waals surface area contributed by atoms with Crippen molar-refractivity contribution >= 4 is 17.5 Å². The minimum Gasteiger partial charge on any atom is -0.354 e. The molecule has 0 unspecified atom stereocenters. The molecule has 240 valence electrons. The van der Waals surface area contributed by atoms with E-state index in [1.807, 2.05) is 0 Å². The molecule has 6 rings (SSSR count). The molecule has 5 aromatic rings. The lowest BCUT2D eigenvalue weighted by molar-refractivity contribution is 0.590. The minimum atomic E-state index is 0.0984. The van der Waals surface area contributed by atoms with Crippen LogP contribution in [0.1, 0.15) is 113 Å². The second-order valence-electron chi connectivity index (χ2n) is 16.5. The van der Waals surface area contributed by atoms with Crippen LogP contribution >= 0.6 is 0 Å². The molecule has 4 aromatic carbocycles. The molecule has 0 bridgehead atoms. The summed E-state index contributed by atoms with van der Waals surface area (Å²) in [5.41, 5.74) is 18.1. The molecule has 0 saturated heterocycles. The van der Waals surface area contributed by atoms with Gasteiger partial charge in [-0.2, -0.15) is 0 Å². The van der Waals surface area contributed by atoms with Gasteiger partial charge in [-0.3, -0.25) is 0 Å². The van der Waals surface area contributed by atoms with Gasteiger partial charge < -0.3 is 4.98 Å². The highest BCUT2D eigenvalue weighted by molar-refractivity contribution is 6.21. The van der Waals surface area contributed by atoms with Crippen molar-refractivity contribution in [2.24, 2.45) is 4.99 Å². The number of fused-ring (bicyclic) bond motifs is 1. The number of aromatic nitrogens is 1. The average Bonchev–Trinajstić information content (AvgIpc) is 3.58. The van der Waals surface area contributed by atoms with Crippen LogP contribution in [-0.2, 0) is 16.2 Å². The highest BCUT2D eigenvalue weighted by atomic mass is 14.8. The second kappa shape index (κ2) is 11.7. The van der Waals surface area contributed by atoms with Gasteiger partial charge >= 0.3 is 0 Å². The summed E-state index contributed by atoms with van der Waals surface area (Å²) in [6, 6.07) is 34.0. The number of benzene rings is 4. The average molecular weight is 619 g/mol. The minimum absolute atomic E-state index is 0.0984. The molecule has 1 aliphatic heterocycles. The summed E-state index contributed by atoms with van der Waals surface area (Å²) in [6.45, 7) is 24.7. The summed E-state index contributed by atoms with van der Waals surface area (Å²) >= 11 is 0. The Labute approximate surface area is 282 Å². The van der Waals surface area contributed by atoms with Gasteiger partial charge in [-0.1, -0.05) is 135 Å². The van der Waals surface area contributed by atoms with Gasteiger partial charge in [0.05, 0.1) is 11.4 Å². The SMILES string of the molecule is Cc1cc2c(cc1C)/C(=C/c1[nH]c(-c3ccc(C(C)(C)C)cc3)cc1-c1ccc(C(C)(C)C)cc1)N=C2c1ccc(C(C)(C)C)cc1. The van der Waals surface area contributed by atoms with Gasteiger partial charge in [0.25, 0.3) is 0 Å². The summed E-state index contributed by atoms with van der Waals surface area (Å²) in [6.07, 6.45) is 2.25. The molecule has 0 radical (unpaired) electrons. The molecule has 2 nitrogen and oxygen atoms in total. The zero-order valence-electron chi connectivity index (χ0n) is 30.2. The summed E-state index contributed by atoms with van der Waals surface area (Å²) < 4.78 is 0. The van der Waals surface area contributed by atoms with E-state index in [-0.39, 0.29) is 16.2 Å². The number of nitrogens with zero attached hydrogens (tertiary/aromatic N) is 1. The van der Waals surface area contributed by atoms with Crippen LogP contribution in [0.15, 0.2) is 96.0 Å². The van der Waals surface area contributed by atoms with Gasteiger partial charge in [-0.05, 0) is 93.3 Å². The van der Waals surface area contributed by atoms with Crippen molar-refractivity contribution in [3.8, 4) is 22.4 Å². The predicted molar refractivity (Wildman–Crippen MR) is 204 cm³/mol. The first-order valence-corrected chi connectivity index (χ1v) is 17.0. The molecule has 1 N–H and O–H groups in total. The molecule has 0 aliphatic carbocycles. The largest absolute Gasteiger partial charge is 0.354 e. The van der Waals surface area contributed by atoms with E-state index in [1.165, 1.54) is 55.6 Å². The maximum absolute atomic E-state index is 5.36. The van der Waals surface area contributed by atoms with E-state index < -0.39 is 0 Å². The van der Waals surface area contributed by atoms with Gasteiger partial charge in [0.1, 0.15) is 0 Å². The highest BCUT2D eigenvalue weighted by Gasteiger charge is 2.25. The van der Waals surface area contributed by atoms with Crippen LogP contribution in [0.4, 0.5) is 0 Å². The third kappa shape index (κ3) is 6.57. The van der Waals surface area contributed by atoms with Crippen LogP contribution in [-0.4, -0.2) is 10.7 Å². The zero-order chi connectivity index (χ0) is 33.9. The van der Waals surface area contributed by atoms with Gasteiger partial charge in [0.15, 0.2) is 0 Å². The summed E-state index contributed by atoms with van der Waals surface area (Å²) in [4.78, 5) is 9.17. The van der Waals surface area contributed by atoms with Crippen LogP contribution in [0.2, 0.25) is 0 Å². The smallest absolute Gasteiger partial charge is 0.0788 e. The number of hydrogen-bond acceptors (Lipinski definition) is 1. The predicted octanol–water partition coefficient (Wildman–Crippen LogP) is 12.2. The van der Waals surface area contributed by atoms with Crippen LogP contribution < -0.4 is 0 Å².